The minimum absolute atomic E-state index is 0.00743. The summed E-state index contributed by atoms with van der Waals surface area (Å²) in [4.78, 5) is 26.4. The average molecular weight is 682 g/mol. The van der Waals surface area contributed by atoms with E-state index >= 15 is 0 Å². The van der Waals surface area contributed by atoms with Crippen molar-refractivity contribution >= 4 is 33.6 Å². The van der Waals surface area contributed by atoms with Crippen LogP contribution in [-0.2, 0) is 26.7 Å². The lowest BCUT2D eigenvalue weighted by Crippen LogP contribution is -2.23. The first kappa shape index (κ1) is 37.3. The van der Waals surface area contributed by atoms with Crippen LogP contribution in [0.25, 0.3) is 6.08 Å². The Morgan fingerprint density at radius 3 is 1.90 bits per heavy atom. The number of ether oxygens (including phenoxy) is 1. The summed E-state index contributed by atoms with van der Waals surface area (Å²) in [5.74, 6) is 0.0300. The molecule has 1 atom stereocenters. The third kappa shape index (κ3) is 12.1. The zero-order chi connectivity index (χ0) is 35.8. The summed E-state index contributed by atoms with van der Waals surface area (Å²) >= 11 is 0. The van der Waals surface area contributed by atoms with Crippen LogP contribution in [-0.4, -0.2) is 30.4 Å². The summed E-state index contributed by atoms with van der Waals surface area (Å²) in [5.41, 5.74) is 5.17. The molecule has 4 aromatic rings. The van der Waals surface area contributed by atoms with Crippen LogP contribution in [0.4, 0.5) is 5.69 Å². The Bertz CT molecular complexity index is 1850. The molecule has 49 heavy (non-hydrogen) atoms. The Labute approximate surface area is 291 Å². The smallest absolute Gasteiger partial charge is 0.264 e. The van der Waals surface area contributed by atoms with Crippen molar-refractivity contribution in [1.82, 2.24) is 0 Å². The van der Waals surface area contributed by atoms with E-state index in [0.29, 0.717) is 23.4 Å². The van der Waals surface area contributed by atoms with Crippen LogP contribution in [0.2, 0.25) is 0 Å². The Morgan fingerprint density at radius 2 is 1.37 bits per heavy atom. The van der Waals surface area contributed by atoms with Gasteiger partial charge in [0, 0.05) is 17.7 Å². The molecule has 0 aliphatic heterocycles. The number of rotatable bonds is 13. The van der Waals surface area contributed by atoms with Crippen molar-refractivity contribution in [2.75, 3.05) is 11.1 Å². The van der Waals surface area contributed by atoms with Crippen LogP contribution in [0.15, 0.2) is 103 Å². The van der Waals surface area contributed by atoms with Crippen molar-refractivity contribution in [3.8, 4) is 11.5 Å². The third-order valence-corrected chi connectivity index (χ3v) is 8.84. The maximum absolute atomic E-state index is 13.8. The number of carbonyl (C=O) groups is 2. The van der Waals surface area contributed by atoms with Gasteiger partial charge in [-0.2, -0.15) is 8.42 Å². The highest BCUT2D eigenvalue weighted by Crippen LogP contribution is 2.29. The Balaban J connectivity index is 1.49. The molecule has 7 nitrogen and oxygen atoms in total. The fourth-order valence-corrected chi connectivity index (χ4v) is 5.67. The quantitative estimate of drug-likeness (QED) is 0.107. The van der Waals surface area contributed by atoms with E-state index < -0.39 is 21.8 Å². The Kier molecular flexibility index (Phi) is 12.0. The molecular weight excluding hydrogens is 635 g/mol. The number of allylic oxidation sites excluding steroid dienone is 1. The number of hydrogen-bond acceptors (Lipinski definition) is 5. The summed E-state index contributed by atoms with van der Waals surface area (Å²) in [5, 5.41) is 3.07. The van der Waals surface area contributed by atoms with Crippen molar-refractivity contribution in [3.63, 3.8) is 0 Å². The van der Waals surface area contributed by atoms with E-state index in [2.05, 4.69) is 71.1 Å². The Hall–Kier alpha value is -4.53. The van der Waals surface area contributed by atoms with E-state index in [0.717, 1.165) is 22.4 Å². The van der Waals surface area contributed by atoms with Gasteiger partial charge in [-0.15, -0.1) is 0 Å². The van der Waals surface area contributed by atoms with Crippen molar-refractivity contribution in [2.45, 2.75) is 72.1 Å². The van der Waals surface area contributed by atoms with Crippen LogP contribution in [0.3, 0.4) is 0 Å². The van der Waals surface area contributed by atoms with E-state index in [1.54, 1.807) is 12.1 Å². The molecule has 1 amide bonds. The summed E-state index contributed by atoms with van der Waals surface area (Å²) in [6, 6.07) is 30.3. The molecule has 0 bridgehead atoms. The van der Waals surface area contributed by atoms with Crippen molar-refractivity contribution < 1.29 is 27.3 Å². The van der Waals surface area contributed by atoms with Crippen LogP contribution in [0.1, 0.15) is 92.9 Å². The second-order valence-electron chi connectivity index (χ2n) is 14.5. The first-order valence-electron chi connectivity index (χ1n) is 16.5. The van der Waals surface area contributed by atoms with Crippen LogP contribution < -0.4 is 10.1 Å². The number of nitrogens with one attached hydrogen (secondary N) is 1. The van der Waals surface area contributed by atoms with E-state index in [9.17, 15) is 18.0 Å². The maximum atomic E-state index is 13.8. The van der Waals surface area contributed by atoms with Gasteiger partial charge in [0.1, 0.15) is 11.5 Å². The molecule has 0 saturated carbocycles. The predicted molar refractivity (Wildman–Crippen MR) is 198 cm³/mol. The largest absolute Gasteiger partial charge is 0.457 e. The van der Waals surface area contributed by atoms with Gasteiger partial charge >= 0.3 is 0 Å². The van der Waals surface area contributed by atoms with E-state index in [-0.39, 0.29) is 35.4 Å². The average Bonchev–Trinajstić information content (AvgIpc) is 3.03. The SMILES string of the molecule is CC(C)(C)/C=C/c1ccc(C(Cc2ccc(C(=O)CCCS(=O)(=O)O)cc2)C(=O)Nc2ccc(Oc3ccc(C(C)(C)C)cc3)cc2)cc1. The van der Waals surface area contributed by atoms with Gasteiger partial charge in [-0.05, 0) is 82.3 Å². The zero-order valence-corrected chi connectivity index (χ0v) is 30.0. The summed E-state index contributed by atoms with van der Waals surface area (Å²) < 4.78 is 37.0. The normalized spacial score (nSPS) is 12.9. The fourth-order valence-electron chi connectivity index (χ4n) is 5.16. The molecule has 0 aliphatic carbocycles. The molecule has 1 unspecified atom stereocenters. The minimum Gasteiger partial charge on any atom is -0.457 e. The molecule has 0 aliphatic rings. The van der Waals surface area contributed by atoms with Crippen molar-refractivity contribution in [1.29, 1.82) is 0 Å². The standard InChI is InChI=1S/C41H47NO6S/c1-40(2,3)26-25-29-9-13-31(14-10-29)37(28-30-11-15-32(16-12-30)38(43)8-7-27-49(45,46)47)39(44)42-34-19-23-36(24-20-34)48-35-21-17-33(18-22-35)41(4,5)6/h9-26,37H,7-8,27-28H2,1-6H3,(H,42,44)(H,45,46,47)/b26-25+. The van der Waals surface area contributed by atoms with Crippen molar-refractivity contribution in [2.24, 2.45) is 5.41 Å². The molecule has 0 aromatic heterocycles. The lowest BCUT2D eigenvalue weighted by molar-refractivity contribution is -0.117. The number of hydrogen-bond donors (Lipinski definition) is 2. The molecule has 0 radical (unpaired) electrons. The van der Waals surface area contributed by atoms with Gasteiger partial charge in [-0.25, -0.2) is 0 Å². The molecule has 2 N–H and O–H groups in total. The molecule has 258 valence electrons. The summed E-state index contributed by atoms with van der Waals surface area (Å²) in [7, 11) is -4.11. The topological polar surface area (TPSA) is 110 Å². The van der Waals surface area contributed by atoms with Gasteiger partial charge in [0.15, 0.2) is 5.78 Å². The van der Waals surface area contributed by atoms with Crippen LogP contribution in [0, 0.1) is 5.41 Å². The number of anilines is 1. The van der Waals surface area contributed by atoms with Crippen LogP contribution in [0.5, 0.6) is 11.5 Å². The second kappa shape index (κ2) is 15.8. The lowest BCUT2D eigenvalue weighted by atomic mass is 9.87. The number of amides is 1. The monoisotopic (exact) mass is 681 g/mol. The zero-order valence-electron chi connectivity index (χ0n) is 29.2. The number of Topliss-reactive ketones (excluding diaryl/α,β-unsaturated/α-hetero) is 1. The van der Waals surface area contributed by atoms with Gasteiger partial charge in [-0.3, -0.25) is 14.1 Å². The lowest BCUT2D eigenvalue weighted by Gasteiger charge is -2.19. The van der Waals surface area contributed by atoms with E-state index in [4.69, 9.17) is 9.29 Å². The molecule has 0 fully saturated rings. The van der Waals surface area contributed by atoms with E-state index in [1.807, 2.05) is 72.8 Å². The first-order chi connectivity index (χ1) is 22.9. The molecular formula is C41H47NO6S. The van der Waals surface area contributed by atoms with Gasteiger partial charge in [0.2, 0.25) is 5.91 Å². The summed E-state index contributed by atoms with van der Waals surface area (Å²) in [6.45, 7) is 12.9. The maximum Gasteiger partial charge on any atom is 0.264 e. The summed E-state index contributed by atoms with van der Waals surface area (Å²) in [6.07, 6.45) is 4.67. The highest BCUT2D eigenvalue weighted by molar-refractivity contribution is 7.85. The molecule has 4 rings (SSSR count). The first-order valence-corrected chi connectivity index (χ1v) is 18.1. The minimum atomic E-state index is -4.11. The number of benzene rings is 4. The molecule has 4 aromatic carbocycles. The van der Waals surface area contributed by atoms with Gasteiger partial charge < -0.3 is 10.1 Å². The van der Waals surface area contributed by atoms with E-state index in [1.165, 1.54) is 5.56 Å². The van der Waals surface area contributed by atoms with Gasteiger partial charge in [-0.1, -0.05) is 114 Å². The molecule has 0 saturated heterocycles. The second-order valence-corrected chi connectivity index (χ2v) is 16.1. The fraction of sp³-hybridized carbons (Fsp3) is 0.317. The highest BCUT2D eigenvalue weighted by Gasteiger charge is 2.22. The molecule has 0 spiro atoms. The predicted octanol–water partition coefficient (Wildman–Crippen LogP) is 9.65. The number of ketones is 1. The Morgan fingerprint density at radius 1 is 0.796 bits per heavy atom. The highest BCUT2D eigenvalue weighted by atomic mass is 32.2. The van der Waals surface area contributed by atoms with Crippen molar-refractivity contribution in [3.05, 3.63) is 131 Å². The molecule has 8 heteroatoms. The molecule has 0 heterocycles. The third-order valence-electron chi connectivity index (χ3n) is 8.03. The van der Waals surface area contributed by atoms with Gasteiger partial charge in [0.25, 0.3) is 10.1 Å². The number of carbonyl (C=O) groups excluding carboxylic acids is 2. The van der Waals surface area contributed by atoms with Gasteiger partial charge in [0.05, 0.1) is 11.7 Å². The van der Waals surface area contributed by atoms with Crippen LogP contribution >= 0.6 is 0 Å².